The standard InChI is InChI=1S/C20H33NO5Si/c1-11(26-27(6,7)20(2,3)4)14-16-12-9-8-10-13(25-5)15(12)17(19(23)24)21(16)18(14)22/h11-14,16H,8-10H2,1-7H3,(H,23,24)/t11?,12-,13+,14-,16-/m1/s1. The topological polar surface area (TPSA) is 76.1 Å². The van der Waals surface area contributed by atoms with Gasteiger partial charge in [-0.1, -0.05) is 20.8 Å². The van der Waals surface area contributed by atoms with Gasteiger partial charge < -0.3 is 19.2 Å². The second kappa shape index (κ2) is 6.71. The summed E-state index contributed by atoms with van der Waals surface area (Å²) in [4.78, 5) is 26.5. The van der Waals surface area contributed by atoms with Crippen LogP contribution < -0.4 is 0 Å². The third-order valence-electron chi connectivity index (χ3n) is 7.12. The van der Waals surface area contributed by atoms with E-state index in [2.05, 4.69) is 33.9 Å². The van der Waals surface area contributed by atoms with Crippen molar-refractivity contribution in [2.75, 3.05) is 7.11 Å². The average Bonchev–Trinajstić information content (AvgIpc) is 2.84. The van der Waals surface area contributed by atoms with Crippen LogP contribution in [0.2, 0.25) is 18.1 Å². The van der Waals surface area contributed by atoms with Crippen molar-refractivity contribution in [1.82, 2.24) is 4.90 Å². The molecule has 0 aromatic carbocycles. The van der Waals surface area contributed by atoms with Gasteiger partial charge in [-0.25, -0.2) is 4.79 Å². The van der Waals surface area contributed by atoms with Gasteiger partial charge in [0.15, 0.2) is 8.32 Å². The lowest BCUT2D eigenvalue weighted by molar-refractivity contribution is -0.163. The number of nitrogens with zero attached hydrogens (tertiary/aromatic N) is 1. The van der Waals surface area contributed by atoms with Crippen molar-refractivity contribution in [2.45, 2.75) is 83.3 Å². The maximum atomic E-state index is 13.0. The van der Waals surface area contributed by atoms with Gasteiger partial charge >= 0.3 is 5.97 Å². The molecule has 3 aliphatic rings. The highest BCUT2D eigenvalue weighted by Crippen LogP contribution is 2.53. The molecule has 1 saturated heterocycles. The van der Waals surface area contributed by atoms with Gasteiger partial charge in [0.2, 0.25) is 5.91 Å². The molecule has 27 heavy (non-hydrogen) atoms. The summed E-state index contributed by atoms with van der Waals surface area (Å²) in [6, 6.07) is -0.101. The van der Waals surface area contributed by atoms with Crippen molar-refractivity contribution >= 4 is 20.2 Å². The monoisotopic (exact) mass is 395 g/mol. The number of carboxylic acid groups (broad SMARTS) is 1. The number of ether oxygens (including phenoxy) is 1. The summed E-state index contributed by atoms with van der Waals surface area (Å²) in [5.74, 6) is -1.33. The number of carbonyl (C=O) groups excluding carboxylic acids is 1. The Hall–Kier alpha value is -1.18. The van der Waals surface area contributed by atoms with Crippen LogP contribution in [0.5, 0.6) is 0 Å². The van der Waals surface area contributed by atoms with Crippen molar-refractivity contribution in [1.29, 1.82) is 0 Å². The molecule has 2 fully saturated rings. The molecule has 1 amide bonds. The Kier molecular flexibility index (Phi) is 5.10. The molecule has 1 saturated carbocycles. The molecule has 0 aromatic heterocycles. The minimum absolute atomic E-state index is 0.0606. The summed E-state index contributed by atoms with van der Waals surface area (Å²) in [6.45, 7) is 12.9. The molecule has 0 aromatic rings. The fourth-order valence-corrected chi connectivity index (χ4v) is 6.21. The van der Waals surface area contributed by atoms with Crippen LogP contribution in [0.15, 0.2) is 11.3 Å². The lowest BCUT2D eigenvalue weighted by atomic mass is 9.72. The molecular formula is C20H33NO5Si. The van der Waals surface area contributed by atoms with Crippen LogP contribution in [0.25, 0.3) is 0 Å². The van der Waals surface area contributed by atoms with Crippen LogP contribution in [-0.2, 0) is 18.8 Å². The van der Waals surface area contributed by atoms with E-state index in [9.17, 15) is 14.7 Å². The zero-order chi connectivity index (χ0) is 20.3. The zero-order valence-corrected chi connectivity index (χ0v) is 18.5. The summed E-state index contributed by atoms with van der Waals surface area (Å²) >= 11 is 0. The molecule has 6 nitrogen and oxygen atoms in total. The van der Waals surface area contributed by atoms with Gasteiger partial charge in [-0.2, -0.15) is 0 Å². The van der Waals surface area contributed by atoms with Crippen molar-refractivity contribution in [3.05, 3.63) is 11.3 Å². The molecule has 2 aliphatic heterocycles. The predicted molar refractivity (Wildman–Crippen MR) is 105 cm³/mol. The molecule has 5 atom stereocenters. The molecule has 1 N–H and O–H groups in total. The van der Waals surface area contributed by atoms with Gasteiger partial charge in [0.1, 0.15) is 5.70 Å². The van der Waals surface area contributed by atoms with Crippen LogP contribution in [0.4, 0.5) is 0 Å². The number of hydrogen-bond donors (Lipinski definition) is 1. The maximum absolute atomic E-state index is 13.0. The van der Waals surface area contributed by atoms with Gasteiger partial charge in [0.05, 0.1) is 24.2 Å². The summed E-state index contributed by atoms with van der Waals surface area (Å²) < 4.78 is 12.1. The molecule has 3 rings (SSSR count). The average molecular weight is 396 g/mol. The van der Waals surface area contributed by atoms with E-state index < -0.39 is 14.3 Å². The third-order valence-corrected chi connectivity index (χ3v) is 11.7. The first-order valence-corrected chi connectivity index (χ1v) is 12.8. The summed E-state index contributed by atoms with van der Waals surface area (Å²) in [5.41, 5.74) is 0.981. The number of carboxylic acids is 1. The summed E-state index contributed by atoms with van der Waals surface area (Å²) in [5, 5.41) is 9.85. The molecule has 7 heteroatoms. The number of hydrogen-bond acceptors (Lipinski definition) is 4. The lowest BCUT2D eigenvalue weighted by Gasteiger charge is -2.50. The molecule has 0 radical (unpaired) electrons. The van der Waals surface area contributed by atoms with Crippen LogP contribution >= 0.6 is 0 Å². The Morgan fingerprint density at radius 1 is 1.30 bits per heavy atom. The number of methoxy groups -OCH3 is 1. The van der Waals surface area contributed by atoms with E-state index in [0.717, 1.165) is 24.8 Å². The Balaban J connectivity index is 1.89. The van der Waals surface area contributed by atoms with Crippen LogP contribution in [-0.4, -0.2) is 55.6 Å². The zero-order valence-electron chi connectivity index (χ0n) is 17.5. The normalized spacial score (nSPS) is 32.1. The Bertz CT molecular complexity index is 680. The summed E-state index contributed by atoms with van der Waals surface area (Å²) in [6.07, 6.45) is 2.29. The Morgan fingerprint density at radius 3 is 2.44 bits per heavy atom. The highest BCUT2D eigenvalue weighted by atomic mass is 28.4. The van der Waals surface area contributed by atoms with Crippen molar-refractivity contribution < 1.29 is 23.9 Å². The first kappa shape index (κ1) is 20.5. The number of carbonyl (C=O) groups is 2. The third kappa shape index (κ3) is 3.08. The van der Waals surface area contributed by atoms with E-state index in [-0.39, 0.29) is 46.7 Å². The lowest BCUT2D eigenvalue weighted by Crippen LogP contribution is -2.65. The first-order chi connectivity index (χ1) is 12.4. The summed E-state index contributed by atoms with van der Waals surface area (Å²) in [7, 11) is -0.392. The molecule has 0 bridgehead atoms. The highest BCUT2D eigenvalue weighted by Gasteiger charge is 2.63. The number of amides is 1. The molecular weight excluding hydrogens is 362 g/mol. The van der Waals surface area contributed by atoms with E-state index in [1.54, 1.807) is 7.11 Å². The molecule has 0 spiro atoms. The molecule has 1 aliphatic carbocycles. The highest BCUT2D eigenvalue weighted by molar-refractivity contribution is 6.74. The SMILES string of the molecule is CO[C@H]1CCC[C@@H]2C1=C(C(=O)O)N1C(=O)[C@H](C(C)O[Si](C)(C)C(C)(C)C)[C@@H]21. The maximum Gasteiger partial charge on any atom is 0.352 e. The van der Waals surface area contributed by atoms with Gasteiger partial charge in [0, 0.05) is 13.0 Å². The van der Waals surface area contributed by atoms with Gasteiger partial charge in [-0.15, -0.1) is 0 Å². The van der Waals surface area contributed by atoms with E-state index in [0.29, 0.717) is 0 Å². The van der Waals surface area contributed by atoms with Crippen LogP contribution in [0.1, 0.15) is 47.0 Å². The number of fused-ring (bicyclic) bond motifs is 3. The van der Waals surface area contributed by atoms with E-state index in [1.165, 1.54) is 4.90 Å². The van der Waals surface area contributed by atoms with Gasteiger partial charge in [0.25, 0.3) is 0 Å². The quantitative estimate of drug-likeness (QED) is 0.570. The van der Waals surface area contributed by atoms with E-state index in [4.69, 9.17) is 9.16 Å². The largest absolute Gasteiger partial charge is 0.477 e. The van der Waals surface area contributed by atoms with Crippen molar-refractivity contribution in [3.63, 3.8) is 0 Å². The minimum atomic E-state index is -2.01. The van der Waals surface area contributed by atoms with Gasteiger partial charge in [-0.3, -0.25) is 4.79 Å². The first-order valence-electron chi connectivity index (χ1n) is 9.93. The van der Waals surface area contributed by atoms with E-state index >= 15 is 0 Å². The van der Waals surface area contributed by atoms with Crippen molar-refractivity contribution in [3.8, 4) is 0 Å². The number of rotatable bonds is 5. The van der Waals surface area contributed by atoms with Crippen LogP contribution in [0, 0.1) is 11.8 Å². The second-order valence-electron chi connectivity index (χ2n) is 9.68. The smallest absolute Gasteiger partial charge is 0.352 e. The fourth-order valence-electron chi connectivity index (χ4n) is 4.78. The Morgan fingerprint density at radius 2 is 1.93 bits per heavy atom. The number of aliphatic carboxylic acids is 1. The predicted octanol–water partition coefficient (Wildman–Crippen LogP) is 3.39. The molecule has 152 valence electrons. The minimum Gasteiger partial charge on any atom is -0.477 e. The van der Waals surface area contributed by atoms with Gasteiger partial charge in [-0.05, 0) is 49.9 Å². The molecule has 2 heterocycles. The van der Waals surface area contributed by atoms with Crippen LogP contribution in [0.3, 0.4) is 0 Å². The Labute approximate surface area is 163 Å². The van der Waals surface area contributed by atoms with Crippen molar-refractivity contribution in [2.24, 2.45) is 11.8 Å². The number of β-lactam (4-membered cyclic amide) rings is 1. The molecule has 1 unspecified atom stereocenters. The second-order valence-corrected chi connectivity index (χ2v) is 14.4. The van der Waals surface area contributed by atoms with E-state index in [1.807, 2.05) is 6.92 Å². The fraction of sp³-hybridized carbons (Fsp3) is 0.800.